The number of likely N-dealkylation sites (tertiary alicyclic amines) is 1. The van der Waals surface area contributed by atoms with Gasteiger partial charge in [-0.15, -0.1) is 0 Å². The van der Waals surface area contributed by atoms with E-state index in [0.29, 0.717) is 23.8 Å². The third-order valence-electron chi connectivity index (χ3n) is 5.90. The third-order valence-corrected chi connectivity index (χ3v) is 5.90. The summed E-state index contributed by atoms with van der Waals surface area (Å²) in [4.78, 5) is 30.6. The van der Waals surface area contributed by atoms with Gasteiger partial charge < -0.3 is 10.2 Å². The van der Waals surface area contributed by atoms with Crippen LogP contribution >= 0.6 is 0 Å². The minimum atomic E-state index is -0.292. The predicted octanol–water partition coefficient (Wildman–Crippen LogP) is 3.65. The molecule has 2 aromatic heterocycles. The fourth-order valence-corrected chi connectivity index (χ4v) is 4.13. The van der Waals surface area contributed by atoms with Crippen molar-refractivity contribution in [1.82, 2.24) is 25.2 Å². The van der Waals surface area contributed by atoms with Crippen LogP contribution in [-0.4, -0.2) is 46.4 Å². The molecule has 7 nitrogen and oxygen atoms in total. The minimum absolute atomic E-state index is 0.183. The van der Waals surface area contributed by atoms with Gasteiger partial charge in [0.1, 0.15) is 5.82 Å². The zero-order valence-electron chi connectivity index (χ0n) is 19.3. The number of aromatic nitrogens is 3. The second-order valence-electron chi connectivity index (χ2n) is 8.59. The number of hydrogen-bond acceptors (Lipinski definition) is 6. The quantitative estimate of drug-likeness (QED) is 0.595. The molecule has 1 aromatic carbocycles. The molecule has 0 radical (unpaired) electrons. The van der Waals surface area contributed by atoms with Crippen molar-refractivity contribution in [3.05, 3.63) is 82.7 Å². The van der Waals surface area contributed by atoms with Crippen molar-refractivity contribution in [2.45, 2.75) is 38.9 Å². The first-order chi connectivity index (χ1) is 15.9. The van der Waals surface area contributed by atoms with Crippen molar-refractivity contribution in [3.63, 3.8) is 0 Å². The molecule has 8 heteroatoms. The van der Waals surface area contributed by atoms with E-state index in [1.165, 1.54) is 12.1 Å². The van der Waals surface area contributed by atoms with E-state index < -0.39 is 0 Å². The molecule has 0 unspecified atom stereocenters. The van der Waals surface area contributed by atoms with Crippen molar-refractivity contribution in [2.24, 2.45) is 0 Å². The molecule has 3 heterocycles. The molecule has 1 amide bonds. The molecule has 1 aliphatic rings. The van der Waals surface area contributed by atoms with Crippen LogP contribution in [0.2, 0.25) is 0 Å². The Balaban J connectivity index is 1.41. The predicted molar refractivity (Wildman–Crippen MR) is 125 cm³/mol. The number of amides is 1. The number of nitrogens with zero attached hydrogens (tertiary/aromatic N) is 5. The fourth-order valence-electron chi connectivity index (χ4n) is 4.13. The maximum atomic E-state index is 13.1. The molecule has 0 bridgehead atoms. The lowest BCUT2D eigenvalue weighted by Gasteiger charge is -2.24. The highest BCUT2D eigenvalue weighted by Gasteiger charge is 2.28. The Kier molecular flexibility index (Phi) is 6.93. The lowest BCUT2D eigenvalue weighted by molar-refractivity contribution is 0.0949. The van der Waals surface area contributed by atoms with Gasteiger partial charge in [-0.25, -0.2) is 14.4 Å². The van der Waals surface area contributed by atoms with E-state index in [0.717, 1.165) is 42.8 Å². The van der Waals surface area contributed by atoms with Crippen molar-refractivity contribution in [3.8, 4) is 0 Å². The average molecular weight is 449 g/mol. The van der Waals surface area contributed by atoms with Crippen LogP contribution < -0.4 is 10.2 Å². The van der Waals surface area contributed by atoms with Gasteiger partial charge in [0.25, 0.3) is 5.91 Å². The fraction of sp³-hybridized carbons (Fsp3) is 0.360. The number of aryl methyl sites for hydroxylation is 1. The number of anilines is 1. The summed E-state index contributed by atoms with van der Waals surface area (Å²) < 4.78 is 13.1. The number of rotatable bonds is 7. The van der Waals surface area contributed by atoms with Gasteiger partial charge in [-0.3, -0.25) is 14.7 Å². The molecule has 33 heavy (non-hydrogen) atoms. The van der Waals surface area contributed by atoms with Crippen LogP contribution in [0.25, 0.3) is 0 Å². The van der Waals surface area contributed by atoms with Crippen LogP contribution in [-0.2, 0) is 13.1 Å². The van der Waals surface area contributed by atoms with Gasteiger partial charge >= 0.3 is 0 Å². The average Bonchev–Trinajstić information content (AvgIpc) is 3.27. The van der Waals surface area contributed by atoms with Crippen LogP contribution in [0.1, 0.15) is 51.8 Å². The first-order valence-electron chi connectivity index (χ1n) is 11.1. The molecule has 0 saturated carbocycles. The smallest absolute Gasteiger partial charge is 0.253 e. The van der Waals surface area contributed by atoms with Crippen LogP contribution in [0, 0.1) is 12.7 Å². The normalized spacial score (nSPS) is 16.1. The Hall–Kier alpha value is -3.39. The van der Waals surface area contributed by atoms with Crippen LogP contribution in [0.4, 0.5) is 10.3 Å². The van der Waals surface area contributed by atoms with Crippen molar-refractivity contribution < 1.29 is 9.18 Å². The maximum absolute atomic E-state index is 13.1. The highest BCUT2D eigenvalue weighted by atomic mass is 19.1. The molecule has 1 saturated heterocycles. The highest BCUT2D eigenvalue weighted by Crippen LogP contribution is 2.32. The van der Waals surface area contributed by atoms with E-state index in [-0.39, 0.29) is 17.8 Å². The maximum Gasteiger partial charge on any atom is 0.253 e. The topological polar surface area (TPSA) is 74.2 Å². The molecule has 0 spiro atoms. The molecule has 3 aromatic rings. The van der Waals surface area contributed by atoms with E-state index >= 15 is 0 Å². The number of carbonyl (C=O) groups is 1. The Morgan fingerprint density at radius 3 is 2.52 bits per heavy atom. The van der Waals surface area contributed by atoms with Crippen LogP contribution in [0.15, 0.2) is 48.8 Å². The van der Waals surface area contributed by atoms with Crippen molar-refractivity contribution in [1.29, 1.82) is 0 Å². The number of carbonyl (C=O) groups excluding carboxylic acids is 1. The summed E-state index contributed by atoms with van der Waals surface area (Å²) in [5, 5.41) is 2.89. The summed E-state index contributed by atoms with van der Waals surface area (Å²) in [6.45, 7) is 3.95. The van der Waals surface area contributed by atoms with Gasteiger partial charge in [0.15, 0.2) is 0 Å². The molecule has 1 atom stereocenters. The molecule has 4 rings (SSSR count). The number of hydrogen-bond donors (Lipinski definition) is 1. The van der Waals surface area contributed by atoms with Gasteiger partial charge in [-0.1, -0.05) is 12.1 Å². The highest BCUT2D eigenvalue weighted by molar-refractivity contribution is 5.95. The molecular formula is C25H29FN6O. The number of halogens is 1. The monoisotopic (exact) mass is 448 g/mol. The summed E-state index contributed by atoms with van der Waals surface area (Å²) in [7, 11) is 3.85. The Morgan fingerprint density at radius 1 is 1.12 bits per heavy atom. The summed E-state index contributed by atoms with van der Waals surface area (Å²) in [6, 6.07) is 10.1. The molecule has 1 aliphatic heterocycles. The molecule has 0 aliphatic carbocycles. The van der Waals surface area contributed by atoms with Gasteiger partial charge in [0.05, 0.1) is 23.0 Å². The van der Waals surface area contributed by atoms with E-state index in [1.54, 1.807) is 12.1 Å². The summed E-state index contributed by atoms with van der Waals surface area (Å²) in [6.07, 6.45) is 5.89. The van der Waals surface area contributed by atoms with E-state index in [2.05, 4.69) is 20.2 Å². The van der Waals surface area contributed by atoms with Crippen LogP contribution in [0.3, 0.4) is 0 Å². The Bertz CT molecular complexity index is 1100. The number of pyridine rings is 1. The summed E-state index contributed by atoms with van der Waals surface area (Å²) in [5.41, 5.74) is 4.15. The Labute approximate surface area is 193 Å². The second kappa shape index (κ2) is 10.0. The summed E-state index contributed by atoms with van der Waals surface area (Å²) >= 11 is 0. The first-order valence-corrected chi connectivity index (χ1v) is 11.1. The van der Waals surface area contributed by atoms with Gasteiger partial charge in [-0.2, -0.15) is 0 Å². The van der Waals surface area contributed by atoms with Crippen molar-refractivity contribution >= 4 is 11.9 Å². The van der Waals surface area contributed by atoms with E-state index in [9.17, 15) is 9.18 Å². The first kappa shape index (κ1) is 22.8. The largest absolute Gasteiger partial charge is 0.348 e. The van der Waals surface area contributed by atoms with Gasteiger partial charge in [0, 0.05) is 45.1 Å². The van der Waals surface area contributed by atoms with Gasteiger partial charge in [-0.05, 0) is 56.1 Å². The number of benzene rings is 1. The second-order valence-corrected chi connectivity index (χ2v) is 8.59. The lowest BCUT2D eigenvalue weighted by atomic mass is 10.1. The SMILES string of the molecule is Cc1nc([C@H]2CCCN2Cc2cnc(N(C)C)nc2)ccc1C(=O)NCc1ccc(F)cc1. The molecule has 172 valence electrons. The third kappa shape index (κ3) is 5.51. The molecular weight excluding hydrogens is 419 g/mol. The molecule has 1 fully saturated rings. The summed E-state index contributed by atoms with van der Waals surface area (Å²) in [5.74, 6) is 0.222. The van der Waals surface area contributed by atoms with Gasteiger partial charge in [0.2, 0.25) is 5.95 Å². The lowest BCUT2D eigenvalue weighted by Crippen LogP contribution is -2.26. The standard InChI is InChI=1S/C25H29FN6O/c1-17-21(24(33)27-13-18-6-8-20(26)9-7-18)10-11-22(30-17)23-5-4-12-32(23)16-19-14-28-25(29-15-19)31(2)3/h6-11,14-15,23H,4-5,12-13,16H2,1-3H3,(H,27,33)/t23-/m1/s1. The number of nitrogens with one attached hydrogen (secondary N) is 1. The zero-order valence-corrected chi connectivity index (χ0v) is 19.3. The van der Waals surface area contributed by atoms with Crippen molar-refractivity contribution in [2.75, 3.05) is 25.5 Å². The minimum Gasteiger partial charge on any atom is -0.348 e. The zero-order chi connectivity index (χ0) is 23.4. The molecule has 1 N–H and O–H groups in total. The Morgan fingerprint density at radius 2 is 1.85 bits per heavy atom. The van der Waals surface area contributed by atoms with Crippen LogP contribution in [0.5, 0.6) is 0 Å². The van der Waals surface area contributed by atoms with E-state index in [4.69, 9.17) is 4.98 Å². The van der Waals surface area contributed by atoms with E-state index in [1.807, 2.05) is 50.4 Å².